The second-order valence-corrected chi connectivity index (χ2v) is 7.69. The topological polar surface area (TPSA) is 66.5 Å². The zero-order chi connectivity index (χ0) is 15.5. The third-order valence-electron chi connectivity index (χ3n) is 3.67. The fourth-order valence-corrected chi connectivity index (χ4v) is 3.37. The SMILES string of the molecule is CCS(=O)(=O)c1ccc(N[C@H](C)CN2CCCC2=O)cc1. The Labute approximate surface area is 126 Å². The van der Waals surface area contributed by atoms with E-state index in [0.29, 0.717) is 17.9 Å². The van der Waals surface area contributed by atoms with Crippen molar-refractivity contribution in [2.75, 3.05) is 24.2 Å². The van der Waals surface area contributed by atoms with E-state index in [1.807, 2.05) is 11.8 Å². The first-order valence-corrected chi connectivity index (χ1v) is 8.94. The van der Waals surface area contributed by atoms with Crippen LogP contribution in [0.5, 0.6) is 0 Å². The van der Waals surface area contributed by atoms with Gasteiger partial charge in [-0.15, -0.1) is 0 Å². The van der Waals surface area contributed by atoms with E-state index in [1.54, 1.807) is 31.2 Å². The van der Waals surface area contributed by atoms with E-state index in [9.17, 15) is 13.2 Å². The summed E-state index contributed by atoms with van der Waals surface area (Å²) in [6.45, 7) is 5.16. The second-order valence-electron chi connectivity index (χ2n) is 5.42. The van der Waals surface area contributed by atoms with Crippen LogP contribution in [-0.2, 0) is 14.6 Å². The lowest BCUT2D eigenvalue weighted by Gasteiger charge is -2.22. The van der Waals surface area contributed by atoms with Crippen LogP contribution in [-0.4, -0.2) is 44.1 Å². The van der Waals surface area contributed by atoms with E-state index >= 15 is 0 Å². The Hall–Kier alpha value is -1.56. The Bertz CT molecular complexity index is 596. The largest absolute Gasteiger partial charge is 0.381 e. The number of hydrogen-bond donors (Lipinski definition) is 1. The summed E-state index contributed by atoms with van der Waals surface area (Å²) in [6, 6.07) is 6.90. The Balaban J connectivity index is 1.95. The molecule has 116 valence electrons. The van der Waals surface area contributed by atoms with Gasteiger partial charge in [0.1, 0.15) is 0 Å². The molecule has 0 bridgehead atoms. The number of anilines is 1. The Morgan fingerprint density at radius 1 is 1.29 bits per heavy atom. The van der Waals surface area contributed by atoms with Crippen molar-refractivity contribution >= 4 is 21.4 Å². The van der Waals surface area contributed by atoms with Gasteiger partial charge in [-0.1, -0.05) is 6.92 Å². The van der Waals surface area contributed by atoms with E-state index < -0.39 is 9.84 Å². The summed E-state index contributed by atoms with van der Waals surface area (Å²) >= 11 is 0. The van der Waals surface area contributed by atoms with Gasteiger partial charge in [0.05, 0.1) is 10.6 Å². The van der Waals surface area contributed by atoms with Gasteiger partial charge in [-0.25, -0.2) is 8.42 Å². The molecular formula is C15H22N2O3S. The standard InChI is InChI=1S/C15H22N2O3S/c1-3-21(19,20)14-8-6-13(7-9-14)16-12(2)11-17-10-4-5-15(17)18/h6-9,12,16H,3-5,10-11H2,1-2H3/t12-/m1/s1. The molecular weight excluding hydrogens is 288 g/mol. The maximum Gasteiger partial charge on any atom is 0.222 e. The molecule has 6 heteroatoms. The Morgan fingerprint density at radius 3 is 2.48 bits per heavy atom. The number of rotatable bonds is 6. The fourth-order valence-electron chi connectivity index (χ4n) is 2.48. The van der Waals surface area contributed by atoms with Gasteiger partial charge in [0.2, 0.25) is 5.91 Å². The summed E-state index contributed by atoms with van der Waals surface area (Å²) < 4.78 is 23.5. The average molecular weight is 310 g/mol. The van der Waals surface area contributed by atoms with E-state index in [-0.39, 0.29) is 17.7 Å². The van der Waals surface area contributed by atoms with Crippen LogP contribution >= 0.6 is 0 Å². The van der Waals surface area contributed by atoms with E-state index in [4.69, 9.17) is 0 Å². The monoisotopic (exact) mass is 310 g/mol. The van der Waals surface area contributed by atoms with Gasteiger partial charge in [-0.3, -0.25) is 4.79 Å². The molecule has 1 saturated heterocycles. The molecule has 0 saturated carbocycles. The molecule has 21 heavy (non-hydrogen) atoms. The van der Waals surface area contributed by atoms with Crippen LogP contribution in [0.3, 0.4) is 0 Å². The van der Waals surface area contributed by atoms with Crippen LogP contribution in [0.1, 0.15) is 26.7 Å². The molecule has 1 aromatic carbocycles. The van der Waals surface area contributed by atoms with E-state index in [0.717, 1.165) is 18.7 Å². The predicted molar refractivity (Wildman–Crippen MR) is 83.1 cm³/mol. The Morgan fingerprint density at radius 2 is 1.95 bits per heavy atom. The maximum atomic E-state index is 11.7. The molecule has 1 amide bonds. The normalized spacial score (nSPS) is 17.0. The summed E-state index contributed by atoms with van der Waals surface area (Å²) in [7, 11) is -3.15. The number of likely N-dealkylation sites (tertiary alicyclic amines) is 1. The Kier molecular flexibility index (Phi) is 4.88. The predicted octanol–water partition coefficient (Wildman–Crippen LogP) is 1.90. The molecule has 0 aliphatic carbocycles. The lowest BCUT2D eigenvalue weighted by molar-refractivity contribution is -0.127. The van der Waals surface area contributed by atoms with Crippen molar-refractivity contribution in [2.45, 2.75) is 37.6 Å². The highest BCUT2D eigenvalue weighted by molar-refractivity contribution is 7.91. The molecule has 1 aliphatic rings. The molecule has 1 aliphatic heterocycles. The first-order chi connectivity index (χ1) is 9.92. The zero-order valence-corrected chi connectivity index (χ0v) is 13.3. The summed E-state index contributed by atoms with van der Waals surface area (Å²) in [4.78, 5) is 13.8. The smallest absolute Gasteiger partial charge is 0.222 e. The molecule has 1 N–H and O–H groups in total. The number of carbonyl (C=O) groups excluding carboxylic acids is 1. The summed E-state index contributed by atoms with van der Waals surface area (Å²) in [5, 5.41) is 3.30. The van der Waals surface area contributed by atoms with Gasteiger partial charge in [-0.05, 0) is 37.6 Å². The van der Waals surface area contributed by atoms with Crippen molar-refractivity contribution in [3.05, 3.63) is 24.3 Å². The molecule has 1 aromatic rings. The van der Waals surface area contributed by atoms with Crippen LogP contribution in [0.25, 0.3) is 0 Å². The van der Waals surface area contributed by atoms with Crippen molar-refractivity contribution in [2.24, 2.45) is 0 Å². The molecule has 0 radical (unpaired) electrons. The first-order valence-electron chi connectivity index (χ1n) is 7.29. The highest BCUT2D eigenvalue weighted by Crippen LogP contribution is 2.17. The number of benzene rings is 1. The maximum absolute atomic E-state index is 11.7. The number of sulfone groups is 1. The average Bonchev–Trinajstić information content (AvgIpc) is 2.85. The molecule has 1 fully saturated rings. The minimum absolute atomic E-state index is 0.104. The van der Waals surface area contributed by atoms with Crippen molar-refractivity contribution < 1.29 is 13.2 Å². The fraction of sp³-hybridized carbons (Fsp3) is 0.533. The minimum Gasteiger partial charge on any atom is -0.381 e. The van der Waals surface area contributed by atoms with Crippen molar-refractivity contribution in [3.8, 4) is 0 Å². The van der Waals surface area contributed by atoms with Crippen LogP contribution < -0.4 is 5.32 Å². The van der Waals surface area contributed by atoms with Crippen LogP contribution in [0.2, 0.25) is 0 Å². The van der Waals surface area contributed by atoms with Crippen molar-refractivity contribution in [3.63, 3.8) is 0 Å². The highest BCUT2D eigenvalue weighted by atomic mass is 32.2. The molecule has 0 unspecified atom stereocenters. The minimum atomic E-state index is -3.15. The van der Waals surface area contributed by atoms with Crippen LogP contribution in [0.4, 0.5) is 5.69 Å². The molecule has 5 nitrogen and oxygen atoms in total. The van der Waals surface area contributed by atoms with Gasteiger partial charge >= 0.3 is 0 Å². The van der Waals surface area contributed by atoms with Gasteiger partial charge in [0.25, 0.3) is 0 Å². The quantitative estimate of drug-likeness (QED) is 0.871. The van der Waals surface area contributed by atoms with Gasteiger partial charge in [0, 0.05) is 31.2 Å². The number of amides is 1. The molecule has 1 heterocycles. The molecule has 2 rings (SSSR count). The zero-order valence-electron chi connectivity index (χ0n) is 12.5. The summed E-state index contributed by atoms with van der Waals surface area (Å²) in [5.41, 5.74) is 0.865. The van der Waals surface area contributed by atoms with Crippen molar-refractivity contribution in [1.82, 2.24) is 4.90 Å². The summed E-state index contributed by atoms with van der Waals surface area (Å²) in [6.07, 6.45) is 1.59. The van der Waals surface area contributed by atoms with Gasteiger partial charge in [-0.2, -0.15) is 0 Å². The highest BCUT2D eigenvalue weighted by Gasteiger charge is 2.21. The third-order valence-corrected chi connectivity index (χ3v) is 5.42. The van der Waals surface area contributed by atoms with E-state index in [1.165, 1.54) is 0 Å². The third kappa shape index (κ3) is 3.97. The molecule has 0 spiro atoms. The lowest BCUT2D eigenvalue weighted by Crippen LogP contribution is -2.35. The summed E-state index contributed by atoms with van der Waals surface area (Å²) in [5.74, 6) is 0.320. The molecule has 0 aromatic heterocycles. The second kappa shape index (κ2) is 6.47. The van der Waals surface area contributed by atoms with Crippen LogP contribution in [0.15, 0.2) is 29.2 Å². The van der Waals surface area contributed by atoms with Crippen LogP contribution in [0, 0.1) is 0 Å². The lowest BCUT2D eigenvalue weighted by atomic mass is 10.2. The van der Waals surface area contributed by atoms with Gasteiger partial charge in [0.15, 0.2) is 9.84 Å². The van der Waals surface area contributed by atoms with E-state index in [2.05, 4.69) is 5.32 Å². The number of carbonyl (C=O) groups is 1. The number of hydrogen-bond acceptors (Lipinski definition) is 4. The van der Waals surface area contributed by atoms with Gasteiger partial charge < -0.3 is 10.2 Å². The van der Waals surface area contributed by atoms with Crippen molar-refractivity contribution in [1.29, 1.82) is 0 Å². The molecule has 1 atom stereocenters. The number of nitrogens with one attached hydrogen (secondary N) is 1. The first kappa shape index (κ1) is 15.8. The number of nitrogens with zero attached hydrogens (tertiary/aromatic N) is 1.